The first-order chi connectivity index (χ1) is 10.1. The molecular weight excluding hydrogens is 276 g/mol. The topological polar surface area (TPSA) is 81.9 Å². The molecule has 0 aromatic heterocycles. The number of rotatable bonds is 6. The number of nitro benzene ring substituents is 1. The number of likely N-dealkylation sites (tertiary alicyclic amines) is 1. The van der Waals surface area contributed by atoms with E-state index in [0.29, 0.717) is 12.4 Å². The quantitative estimate of drug-likeness (QED) is 0.452. The van der Waals surface area contributed by atoms with Gasteiger partial charge in [-0.15, -0.1) is 0 Å². The maximum Gasteiger partial charge on any atom is 0.341 e. The van der Waals surface area contributed by atoms with Crippen LogP contribution < -0.4 is 4.74 Å². The molecule has 0 atom stereocenters. The smallest absolute Gasteiger partial charge is 0.341 e. The third kappa shape index (κ3) is 3.91. The predicted molar refractivity (Wildman–Crippen MR) is 75.6 cm³/mol. The first-order valence-electron chi connectivity index (χ1n) is 6.83. The molecule has 0 amide bonds. The molecule has 1 saturated heterocycles. The summed E-state index contributed by atoms with van der Waals surface area (Å²) < 4.78 is 10.2. The van der Waals surface area contributed by atoms with Crippen molar-refractivity contribution in [1.29, 1.82) is 0 Å². The Kier molecular flexibility index (Phi) is 5.10. The molecule has 1 aromatic rings. The summed E-state index contributed by atoms with van der Waals surface area (Å²) in [6, 6.07) is 3.93. The average Bonchev–Trinajstić information content (AvgIpc) is 2.99. The van der Waals surface area contributed by atoms with Crippen molar-refractivity contribution in [3.05, 3.63) is 33.9 Å². The van der Waals surface area contributed by atoms with Crippen LogP contribution >= 0.6 is 0 Å². The number of nitro groups is 1. The van der Waals surface area contributed by atoms with Gasteiger partial charge in [-0.05, 0) is 32.0 Å². The Hall–Kier alpha value is -2.15. The molecule has 0 aliphatic carbocycles. The van der Waals surface area contributed by atoms with Crippen molar-refractivity contribution >= 4 is 11.7 Å². The van der Waals surface area contributed by atoms with Gasteiger partial charge in [0, 0.05) is 18.7 Å². The molecule has 2 rings (SSSR count). The molecule has 1 aliphatic rings. The number of ether oxygens (including phenoxy) is 2. The van der Waals surface area contributed by atoms with Gasteiger partial charge < -0.3 is 9.47 Å². The minimum atomic E-state index is -0.644. The van der Waals surface area contributed by atoms with E-state index in [9.17, 15) is 14.9 Å². The molecule has 0 saturated carbocycles. The number of nitrogens with zero attached hydrogens (tertiary/aromatic N) is 2. The van der Waals surface area contributed by atoms with E-state index in [1.54, 1.807) is 0 Å². The molecule has 1 heterocycles. The minimum Gasteiger partial charge on any atom is -0.491 e. The molecule has 0 unspecified atom stereocenters. The highest BCUT2D eigenvalue weighted by molar-refractivity contribution is 5.93. The number of non-ortho nitro benzene ring substituents is 1. The number of benzene rings is 1. The minimum absolute atomic E-state index is 0.0770. The second kappa shape index (κ2) is 7.03. The van der Waals surface area contributed by atoms with Crippen LogP contribution in [0.15, 0.2) is 18.2 Å². The summed E-state index contributed by atoms with van der Waals surface area (Å²) in [7, 11) is 1.23. The van der Waals surface area contributed by atoms with Crippen molar-refractivity contribution in [2.75, 3.05) is 33.4 Å². The van der Waals surface area contributed by atoms with Crippen LogP contribution in [0.5, 0.6) is 5.75 Å². The zero-order valence-electron chi connectivity index (χ0n) is 11.9. The zero-order valence-corrected chi connectivity index (χ0v) is 11.9. The van der Waals surface area contributed by atoms with Crippen LogP contribution in [0.4, 0.5) is 5.69 Å². The SMILES string of the molecule is COC(=O)c1cc([N+](=O)[O-])ccc1OCCN1CCCC1. The van der Waals surface area contributed by atoms with Crippen LogP contribution in [0.25, 0.3) is 0 Å². The summed E-state index contributed by atoms with van der Waals surface area (Å²) in [4.78, 5) is 24.2. The van der Waals surface area contributed by atoms with Gasteiger partial charge in [0.05, 0.1) is 12.0 Å². The molecular formula is C14H18N2O5. The lowest BCUT2D eigenvalue weighted by atomic mass is 10.2. The Labute approximate surface area is 122 Å². The van der Waals surface area contributed by atoms with Crippen LogP contribution in [-0.2, 0) is 4.74 Å². The van der Waals surface area contributed by atoms with Crippen molar-refractivity contribution in [3.8, 4) is 5.75 Å². The Bertz CT molecular complexity index is 526. The number of carbonyl (C=O) groups excluding carboxylic acids is 1. The Balaban J connectivity index is 2.05. The molecule has 21 heavy (non-hydrogen) atoms. The van der Waals surface area contributed by atoms with E-state index in [1.807, 2.05) is 0 Å². The number of hydrogen-bond donors (Lipinski definition) is 0. The summed E-state index contributed by atoms with van der Waals surface area (Å²) in [5.74, 6) is -0.332. The zero-order chi connectivity index (χ0) is 15.2. The van der Waals surface area contributed by atoms with Crippen molar-refractivity contribution in [2.24, 2.45) is 0 Å². The Morgan fingerprint density at radius 1 is 1.38 bits per heavy atom. The number of esters is 1. The lowest BCUT2D eigenvalue weighted by Crippen LogP contribution is -2.25. The Morgan fingerprint density at radius 3 is 2.71 bits per heavy atom. The maximum absolute atomic E-state index is 11.7. The first kappa shape index (κ1) is 15.2. The van der Waals surface area contributed by atoms with Gasteiger partial charge in [0.15, 0.2) is 0 Å². The molecule has 1 aliphatic heterocycles. The van der Waals surface area contributed by atoms with Crippen LogP contribution in [-0.4, -0.2) is 49.1 Å². The fourth-order valence-electron chi connectivity index (χ4n) is 2.32. The van der Waals surface area contributed by atoms with Gasteiger partial charge in [-0.1, -0.05) is 0 Å². The summed E-state index contributed by atoms with van der Waals surface area (Å²) in [5, 5.41) is 10.8. The van der Waals surface area contributed by atoms with E-state index in [1.165, 1.54) is 38.2 Å². The van der Waals surface area contributed by atoms with Gasteiger partial charge >= 0.3 is 5.97 Å². The summed E-state index contributed by atoms with van der Waals surface area (Å²) in [6.07, 6.45) is 2.40. The molecule has 0 bridgehead atoms. The molecule has 0 spiro atoms. The van der Waals surface area contributed by atoms with Crippen LogP contribution in [0.2, 0.25) is 0 Å². The number of methoxy groups -OCH3 is 1. The fourth-order valence-corrected chi connectivity index (χ4v) is 2.32. The first-order valence-corrected chi connectivity index (χ1v) is 6.83. The summed E-state index contributed by atoms with van der Waals surface area (Å²) in [5.41, 5.74) is -0.0876. The molecule has 0 radical (unpaired) electrons. The van der Waals surface area contributed by atoms with Gasteiger partial charge in [0.25, 0.3) is 5.69 Å². The second-order valence-corrected chi connectivity index (χ2v) is 4.83. The average molecular weight is 294 g/mol. The van der Waals surface area contributed by atoms with Gasteiger partial charge in [-0.25, -0.2) is 4.79 Å². The molecule has 1 aromatic carbocycles. The molecule has 7 nitrogen and oxygen atoms in total. The lowest BCUT2D eigenvalue weighted by Gasteiger charge is -2.16. The van der Waals surface area contributed by atoms with Crippen LogP contribution in [0.1, 0.15) is 23.2 Å². The van der Waals surface area contributed by atoms with E-state index in [-0.39, 0.29) is 11.3 Å². The van der Waals surface area contributed by atoms with E-state index in [2.05, 4.69) is 9.64 Å². The summed E-state index contributed by atoms with van der Waals surface area (Å²) in [6.45, 7) is 3.33. The fraction of sp³-hybridized carbons (Fsp3) is 0.500. The maximum atomic E-state index is 11.7. The van der Waals surface area contributed by atoms with Gasteiger partial charge in [-0.2, -0.15) is 0 Å². The highest BCUT2D eigenvalue weighted by Crippen LogP contribution is 2.25. The van der Waals surface area contributed by atoms with E-state index >= 15 is 0 Å². The third-order valence-corrected chi connectivity index (χ3v) is 3.44. The lowest BCUT2D eigenvalue weighted by molar-refractivity contribution is -0.384. The van der Waals surface area contributed by atoms with Crippen molar-refractivity contribution in [3.63, 3.8) is 0 Å². The van der Waals surface area contributed by atoms with Crippen molar-refractivity contribution in [1.82, 2.24) is 4.90 Å². The molecule has 0 N–H and O–H groups in total. The largest absolute Gasteiger partial charge is 0.491 e. The van der Waals surface area contributed by atoms with Crippen LogP contribution in [0.3, 0.4) is 0 Å². The van der Waals surface area contributed by atoms with Gasteiger partial charge in [0.1, 0.15) is 17.9 Å². The van der Waals surface area contributed by atoms with Crippen molar-refractivity contribution < 1.29 is 19.2 Å². The van der Waals surface area contributed by atoms with E-state index < -0.39 is 10.9 Å². The molecule has 1 fully saturated rings. The summed E-state index contributed by atoms with van der Waals surface area (Å²) >= 11 is 0. The molecule has 114 valence electrons. The predicted octanol–water partition coefficient (Wildman–Crippen LogP) is 1.86. The highest BCUT2D eigenvalue weighted by atomic mass is 16.6. The van der Waals surface area contributed by atoms with Crippen molar-refractivity contribution in [2.45, 2.75) is 12.8 Å². The Morgan fingerprint density at radius 2 is 2.10 bits per heavy atom. The van der Waals surface area contributed by atoms with E-state index in [0.717, 1.165) is 19.6 Å². The van der Waals surface area contributed by atoms with Crippen LogP contribution in [0, 0.1) is 10.1 Å². The normalized spacial score (nSPS) is 14.9. The van der Waals surface area contributed by atoms with Gasteiger partial charge in [0.2, 0.25) is 0 Å². The molecule has 7 heteroatoms. The monoisotopic (exact) mass is 294 g/mol. The standard InChI is InChI=1S/C14H18N2O5/c1-20-14(17)12-10-11(16(18)19)4-5-13(12)21-9-8-15-6-2-3-7-15/h4-5,10H,2-3,6-9H2,1H3. The van der Waals surface area contributed by atoms with Gasteiger partial charge in [-0.3, -0.25) is 15.0 Å². The third-order valence-electron chi connectivity index (χ3n) is 3.44. The number of carbonyl (C=O) groups is 1. The van der Waals surface area contributed by atoms with E-state index in [4.69, 9.17) is 4.74 Å². The highest BCUT2D eigenvalue weighted by Gasteiger charge is 2.19. The second-order valence-electron chi connectivity index (χ2n) is 4.83. The number of hydrogen-bond acceptors (Lipinski definition) is 6.